The summed E-state index contributed by atoms with van der Waals surface area (Å²) in [6, 6.07) is 6.13. The molecule has 0 heterocycles. The van der Waals surface area contributed by atoms with Crippen LogP contribution in [0.5, 0.6) is 0 Å². The molecule has 3 N–H and O–H groups in total. The highest BCUT2D eigenvalue weighted by Gasteiger charge is 2.05. The van der Waals surface area contributed by atoms with Gasteiger partial charge in [0.2, 0.25) is 0 Å². The van der Waals surface area contributed by atoms with Crippen LogP contribution < -0.4 is 11.2 Å². The van der Waals surface area contributed by atoms with Gasteiger partial charge in [-0.05, 0) is 30.9 Å². The van der Waals surface area contributed by atoms with Gasteiger partial charge in [0.25, 0.3) is 0 Å². The van der Waals surface area contributed by atoms with Crippen molar-refractivity contribution in [2.45, 2.75) is 27.7 Å². The topological polar surface area (TPSA) is 50.4 Å². The van der Waals surface area contributed by atoms with Crippen LogP contribution in [0.1, 0.15) is 30.5 Å². The zero-order valence-electron chi connectivity index (χ0n) is 10.5. The minimum absolute atomic E-state index is 0.564. The molecule has 0 atom stereocenters. The Balaban J connectivity index is 2.83. The zero-order valence-corrected chi connectivity index (χ0v) is 10.5. The zero-order chi connectivity index (χ0) is 12.1. The van der Waals surface area contributed by atoms with Crippen molar-refractivity contribution in [3.63, 3.8) is 0 Å². The maximum atomic E-state index is 5.97. The van der Waals surface area contributed by atoms with Gasteiger partial charge in [-0.3, -0.25) is 0 Å². The molecule has 0 aliphatic rings. The van der Waals surface area contributed by atoms with Crippen LogP contribution in [0.2, 0.25) is 0 Å². The smallest absolute Gasteiger partial charge is 0.151 e. The summed E-state index contributed by atoms with van der Waals surface area (Å²) in [7, 11) is 0. The predicted octanol–water partition coefficient (Wildman–Crippen LogP) is 2.17. The van der Waals surface area contributed by atoms with Gasteiger partial charge < -0.3 is 11.2 Å². The van der Waals surface area contributed by atoms with Crippen LogP contribution in [0.25, 0.3) is 0 Å². The fourth-order valence-electron chi connectivity index (χ4n) is 1.59. The molecule has 88 valence electrons. The summed E-state index contributed by atoms with van der Waals surface area (Å²) < 4.78 is 0. The predicted molar refractivity (Wildman–Crippen MR) is 69.5 cm³/mol. The van der Waals surface area contributed by atoms with E-state index >= 15 is 0 Å². The van der Waals surface area contributed by atoms with Gasteiger partial charge in [0.05, 0.1) is 0 Å². The van der Waals surface area contributed by atoms with Crippen molar-refractivity contribution in [3.05, 3.63) is 34.9 Å². The van der Waals surface area contributed by atoms with Crippen molar-refractivity contribution >= 4 is 5.84 Å². The van der Waals surface area contributed by atoms with Gasteiger partial charge in [0.1, 0.15) is 0 Å². The minimum atomic E-state index is 0.564. The SMILES string of the molecule is Cc1cccc(C)c1/C(N)=N/NCC(C)C. The van der Waals surface area contributed by atoms with Crippen LogP contribution in [-0.2, 0) is 0 Å². The number of rotatable bonds is 4. The molecule has 1 rings (SSSR count). The third kappa shape index (κ3) is 3.26. The molecule has 3 nitrogen and oxygen atoms in total. The summed E-state index contributed by atoms with van der Waals surface area (Å²) in [6.45, 7) is 9.21. The van der Waals surface area contributed by atoms with Crippen molar-refractivity contribution in [2.24, 2.45) is 16.8 Å². The number of aryl methyl sites for hydroxylation is 2. The van der Waals surface area contributed by atoms with Gasteiger partial charge in [0.15, 0.2) is 5.84 Å². The van der Waals surface area contributed by atoms with Gasteiger partial charge in [-0.2, -0.15) is 5.10 Å². The molecule has 0 amide bonds. The lowest BCUT2D eigenvalue weighted by Crippen LogP contribution is -2.23. The number of hydrogen-bond acceptors (Lipinski definition) is 2. The van der Waals surface area contributed by atoms with Gasteiger partial charge in [-0.1, -0.05) is 32.0 Å². The second kappa shape index (κ2) is 5.54. The molecule has 0 radical (unpaired) electrons. The number of nitrogens with zero attached hydrogens (tertiary/aromatic N) is 1. The second-order valence-electron chi connectivity index (χ2n) is 4.52. The van der Waals surface area contributed by atoms with Gasteiger partial charge in [-0.15, -0.1) is 0 Å². The summed E-state index contributed by atoms with van der Waals surface area (Å²) in [6.07, 6.45) is 0. The third-order valence-electron chi connectivity index (χ3n) is 2.44. The number of nitrogens with one attached hydrogen (secondary N) is 1. The van der Waals surface area contributed by atoms with Gasteiger partial charge in [0, 0.05) is 12.1 Å². The number of hydrazone groups is 1. The monoisotopic (exact) mass is 219 g/mol. The Kier molecular flexibility index (Phi) is 4.35. The van der Waals surface area contributed by atoms with Crippen molar-refractivity contribution in [2.75, 3.05) is 6.54 Å². The first-order valence-corrected chi connectivity index (χ1v) is 5.65. The first-order valence-electron chi connectivity index (χ1n) is 5.65. The highest BCUT2D eigenvalue weighted by Crippen LogP contribution is 2.12. The van der Waals surface area contributed by atoms with E-state index in [2.05, 4.69) is 24.4 Å². The van der Waals surface area contributed by atoms with E-state index < -0.39 is 0 Å². The van der Waals surface area contributed by atoms with E-state index in [1.807, 2.05) is 32.0 Å². The standard InChI is InChI=1S/C13H21N3/c1-9(2)8-15-16-13(14)12-10(3)6-5-7-11(12)4/h5-7,9,15H,8H2,1-4H3,(H2,14,16). The highest BCUT2D eigenvalue weighted by atomic mass is 15.3. The van der Waals surface area contributed by atoms with Gasteiger partial charge >= 0.3 is 0 Å². The van der Waals surface area contributed by atoms with E-state index in [9.17, 15) is 0 Å². The van der Waals surface area contributed by atoms with E-state index in [1.165, 1.54) is 0 Å². The maximum Gasteiger partial charge on any atom is 0.151 e. The third-order valence-corrected chi connectivity index (χ3v) is 2.44. The number of nitrogens with two attached hydrogens (primary N) is 1. The summed E-state index contributed by atoms with van der Waals surface area (Å²) >= 11 is 0. The summed E-state index contributed by atoms with van der Waals surface area (Å²) in [5, 5.41) is 4.20. The van der Waals surface area contributed by atoms with E-state index in [4.69, 9.17) is 5.73 Å². The Morgan fingerprint density at radius 3 is 2.38 bits per heavy atom. The minimum Gasteiger partial charge on any atom is -0.382 e. The molecule has 1 aromatic carbocycles. The molecule has 0 bridgehead atoms. The van der Waals surface area contributed by atoms with Crippen LogP contribution in [0.15, 0.2) is 23.3 Å². The fourth-order valence-corrected chi connectivity index (χ4v) is 1.59. The average molecular weight is 219 g/mol. The molecule has 0 unspecified atom stereocenters. The molecule has 0 aromatic heterocycles. The lowest BCUT2D eigenvalue weighted by Gasteiger charge is -2.10. The summed E-state index contributed by atoms with van der Waals surface area (Å²) in [5.41, 5.74) is 12.3. The van der Waals surface area contributed by atoms with Crippen LogP contribution in [0.4, 0.5) is 0 Å². The second-order valence-corrected chi connectivity index (χ2v) is 4.52. The molecule has 0 saturated carbocycles. The first-order chi connectivity index (χ1) is 7.52. The van der Waals surface area contributed by atoms with Gasteiger partial charge in [-0.25, -0.2) is 0 Å². The van der Waals surface area contributed by atoms with Crippen molar-refractivity contribution in [1.29, 1.82) is 0 Å². The molecule has 16 heavy (non-hydrogen) atoms. The quantitative estimate of drug-likeness (QED) is 0.463. The Morgan fingerprint density at radius 1 is 1.31 bits per heavy atom. The Morgan fingerprint density at radius 2 is 1.88 bits per heavy atom. The Labute approximate surface area is 97.7 Å². The number of amidine groups is 1. The number of hydrogen-bond donors (Lipinski definition) is 2. The maximum absolute atomic E-state index is 5.97. The molecule has 0 fully saturated rings. The van der Waals surface area contributed by atoms with Crippen LogP contribution in [0, 0.1) is 19.8 Å². The molecule has 0 saturated heterocycles. The summed E-state index contributed by atoms with van der Waals surface area (Å²) in [5.74, 6) is 1.13. The molecular weight excluding hydrogens is 198 g/mol. The normalized spacial score (nSPS) is 11.9. The average Bonchev–Trinajstić information content (AvgIpc) is 2.16. The molecule has 0 aliphatic carbocycles. The largest absolute Gasteiger partial charge is 0.382 e. The Hall–Kier alpha value is -1.51. The molecule has 3 heteroatoms. The van der Waals surface area contributed by atoms with Crippen LogP contribution >= 0.6 is 0 Å². The lowest BCUT2D eigenvalue weighted by molar-refractivity contribution is 0.570. The molecule has 1 aromatic rings. The van der Waals surface area contributed by atoms with E-state index in [-0.39, 0.29) is 0 Å². The van der Waals surface area contributed by atoms with E-state index in [0.717, 1.165) is 23.2 Å². The van der Waals surface area contributed by atoms with Crippen LogP contribution in [-0.4, -0.2) is 12.4 Å². The lowest BCUT2D eigenvalue weighted by atomic mass is 10.0. The molecular formula is C13H21N3. The highest BCUT2D eigenvalue weighted by molar-refractivity contribution is 5.99. The first kappa shape index (κ1) is 12.6. The fraction of sp³-hybridized carbons (Fsp3) is 0.462. The molecule has 0 spiro atoms. The van der Waals surface area contributed by atoms with Crippen LogP contribution in [0.3, 0.4) is 0 Å². The van der Waals surface area contributed by atoms with E-state index in [1.54, 1.807) is 0 Å². The number of benzene rings is 1. The van der Waals surface area contributed by atoms with Crippen molar-refractivity contribution < 1.29 is 0 Å². The van der Waals surface area contributed by atoms with Crippen molar-refractivity contribution in [1.82, 2.24) is 5.43 Å². The van der Waals surface area contributed by atoms with E-state index in [0.29, 0.717) is 11.8 Å². The summed E-state index contributed by atoms with van der Waals surface area (Å²) in [4.78, 5) is 0. The van der Waals surface area contributed by atoms with Crippen molar-refractivity contribution in [3.8, 4) is 0 Å². The Bertz CT molecular complexity index is 361. The molecule has 0 aliphatic heterocycles.